The summed E-state index contributed by atoms with van der Waals surface area (Å²) >= 11 is 13.6. The van der Waals surface area contributed by atoms with Crippen LogP contribution in [0.3, 0.4) is 0 Å². The van der Waals surface area contributed by atoms with Gasteiger partial charge < -0.3 is 5.32 Å². The van der Waals surface area contributed by atoms with Crippen molar-refractivity contribution in [2.45, 2.75) is 43.3 Å². The number of benzene rings is 2. The van der Waals surface area contributed by atoms with Gasteiger partial charge in [-0.3, -0.25) is 15.1 Å². The lowest BCUT2D eigenvalue weighted by Crippen LogP contribution is -2.42. The fourth-order valence-corrected chi connectivity index (χ4v) is 5.61. The van der Waals surface area contributed by atoms with Gasteiger partial charge >= 0.3 is 6.18 Å². The molecule has 0 spiro atoms. The Labute approximate surface area is 203 Å². The molecule has 33 heavy (non-hydrogen) atoms. The van der Waals surface area contributed by atoms with Crippen LogP contribution in [0, 0.1) is 0 Å². The van der Waals surface area contributed by atoms with Crippen molar-refractivity contribution in [3.05, 3.63) is 74.8 Å². The molecule has 1 amide bonds. The zero-order valence-electron chi connectivity index (χ0n) is 17.6. The molecule has 0 radical (unpaired) electrons. The van der Waals surface area contributed by atoms with E-state index in [1.807, 2.05) is 6.92 Å². The minimum Gasteiger partial charge on any atom is -0.340 e. The molecule has 0 aliphatic carbocycles. The molecule has 2 aliphatic rings. The van der Waals surface area contributed by atoms with Crippen molar-refractivity contribution in [3.8, 4) is 0 Å². The van der Waals surface area contributed by atoms with E-state index in [0.717, 1.165) is 30.2 Å². The summed E-state index contributed by atoms with van der Waals surface area (Å²) in [5.74, 6) is 0.837. The second-order valence-electron chi connectivity index (χ2n) is 7.85. The molecule has 1 fully saturated rings. The Balaban J connectivity index is 1.69. The first kappa shape index (κ1) is 24.3. The molecule has 2 unspecified atom stereocenters. The van der Waals surface area contributed by atoms with Gasteiger partial charge in [0, 0.05) is 26.7 Å². The molecule has 4 rings (SSSR count). The highest BCUT2D eigenvalue weighted by Crippen LogP contribution is 2.48. The quantitative estimate of drug-likeness (QED) is 0.477. The molecular weight excluding hydrogens is 496 g/mol. The minimum atomic E-state index is -4.79. The number of aryl methyl sites for hydroxylation is 1. The van der Waals surface area contributed by atoms with Crippen molar-refractivity contribution in [2.75, 3.05) is 5.75 Å². The van der Waals surface area contributed by atoms with Gasteiger partial charge in [-0.2, -0.15) is 13.2 Å². The summed E-state index contributed by atoms with van der Waals surface area (Å²) < 4.78 is 42.6. The maximum atomic E-state index is 14.2. The van der Waals surface area contributed by atoms with Crippen molar-refractivity contribution in [2.24, 2.45) is 0 Å². The van der Waals surface area contributed by atoms with Gasteiger partial charge in [-0.05, 0) is 67.0 Å². The van der Waals surface area contributed by atoms with E-state index in [4.69, 9.17) is 28.0 Å². The number of carbonyl (C=O) groups is 1. The van der Waals surface area contributed by atoms with E-state index in [1.165, 1.54) is 18.2 Å². The fraction of sp³-hybridized carbons (Fsp3) is 0.348. The van der Waals surface area contributed by atoms with Crippen LogP contribution in [0.4, 0.5) is 13.2 Å². The fourth-order valence-electron chi connectivity index (χ4n) is 3.94. The van der Waals surface area contributed by atoms with Crippen LogP contribution >= 0.6 is 35.0 Å². The van der Waals surface area contributed by atoms with Gasteiger partial charge in [-0.15, -0.1) is 11.8 Å². The summed E-state index contributed by atoms with van der Waals surface area (Å²) in [5.41, 5.74) is 1.26. The number of hydroxylamine groups is 1. The number of thioether (sulfide) groups is 1. The maximum absolute atomic E-state index is 14.2. The molecule has 4 nitrogen and oxygen atoms in total. The molecule has 2 aromatic rings. The molecule has 2 atom stereocenters. The molecule has 2 heterocycles. The van der Waals surface area contributed by atoms with E-state index in [2.05, 4.69) is 10.8 Å². The number of alkyl halides is 3. The van der Waals surface area contributed by atoms with Crippen LogP contribution < -0.4 is 10.8 Å². The highest BCUT2D eigenvalue weighted by Gasteiger charge is 2.59. The van der Waals surface area contributed by atoms with Gasteiger partial charge in [0.15, 0.2) is 0 Å². The van der Waals surface area contributed by atoms with Gasteiger partial charge in [-0.1, -0.05) is 36.2 Å². The molecule has 0 aromatic heterocycles. The predicted molar refractivity (Wildman–Crippen MR) is 125 cm³/mol. The van der Waals surface area contributed by atoms with Crippen molar-refractivity contribution >= 4 is 46.6 Å². The maximum Gasteiger partial charge on any atom is 0.428 e. The van der Waals surface area contributed by atoms with E-state index in [-0.39, 0.29) is 32.6 Å². The Hall–Kier alpha value is -1.87. The Morgan fingerprint density at radius 1 is 1.24 bits per heavy atom. The number of hydrogen-bond acceptors (Lipinski definition) is 4. The molecule has 2 aliphatic heterocycles. The molecule has 2 aromatic carbocycles. The van der Waals surface area contributed by atoms with Gasteiger partial charge in [-0.25, -0.2) is 0 Å². The van der Waals surface area contributed by atoms with Gasteiger partial charge in [0.2, 0.25) is 5.60 Å². The van der Waals surface area contributed by atoms with E-state index in [0.29, 0.717) is 17.5 Å². The second kappa shape index (κ2) is 9.41. The molecule has 1 saturated heterocycles. The number of halogens is 5. The average Bonchev–Trinajstić information content (AvgIpc) is 3.43. The third kappa shape index (κ3) is 4.85. The Morgan fingerprint density at radius 3 is 2.58 bits per heavy atom. The number of carbonyl (C=O) groups excluding carboxylic acids is 1. The van der Waals surface area contributed by atoms with Crippen molar-refractivity contribution in [3.63, 3.8) is 0 Å². The standard InChI is InChI=1S/C23H21Cl2F3N2O2S/c1-2-13-8-14(5-6-18(13)21(31)29-20-4-3-7-33-20)19-12-22(32-30-19,23(26,27)28)15-9-16(24)11-17(25)10-15/h5-6,8-12,20,30H,2-4,7H2,1H3,(H,29,31). The third-order valence-corrected chi connectivity index (χ3v) is 7.36. The van der Waals surface area contributed by atoms with Crippen LogP contribution in [0.15, 0.2) is 42.5 Å². The zero-order chi connectivity index (χ0) is 23.8. The van der Waals surface area contributed by atoms with E-state index >= 15 is 0 Å². The minimum absolute atomic E-state index is 0.0654. The van der Waals surface area contributed by atoms with Crippen LogP contribution in [-0.4, -0.2) is 23.2 Å². The van der Waals surface area contributed by atoms with Crippen LogP contribution in [0.25, 0.3) is 5.70 Å². The highest BCUT2D eigenvalue weighted by atomic mass is 35.5. The lowest BCUT2D eigenvalue weighted by molar-refractivity contribution is -0.269. The largest absolute Gasteiger partial charge is 0.428 e. The summed E-state index contributed by atoms with van der Waals surface area (Å²) in [4.78, 5) is 17.9. The number of rotatable bonds is 5. The SMILES string of the molecule is CCc1cc(C2=CC(c3cc(Cl)cc(Cl)c3)(C(F)(F)F)ON2)ccc1C(=O)NC1CCCS1. The predicted octanol–water partition coefficient (Wildman–Crippen LogP) is 6.47. The first-order chi connectivity index (χ1) is 15.6. The van der Waals surface area contributed by atoms with E-state index in [9.17, 15) is 18.0 Å². The molecule has 0 saturated carbocycles. The average molecular weight is 517 g/mol. The second-order valence-corrected chi connectivity index (χ2v) is 10.0. The lowest BCUT2D eigenvalue weighted by atomic mass is 9.91. The molecule has 0 bridgehead atoms. The summed E-state index contributed by atoms with van der Waals surface area (Å²) in [5, 5.41) is 3.24. The van der Waals surface area contributed by atoms with Gasteiger partial charge in [0.1, 0.15) is 0 Å². The van der Waals surface area contributed by atoms with Crippen molar-refractivity contribution < 1.29 is 22.8 Å². The monoisotopic (exact) mass is 516 g/mol. The number of amides is 1. The lowest BCUT2D eigenvalue weighted by Gasteiger charge is -2.28. The first-order valence-corrected chi connectivity index (χ1v) is 12.2. The summed E-state index contributed by atoms with van der Waals surface area (Å²) in [6.07, 6.45) is -1.29. The third-order valence-electron chi connectivity index (χ3n) is 5.65. The number of nitrogens with one attached hydrogen (secondary N) is 2. The first-order valence-electron chi connectivity index (χ1n) is 10.4. The van der Waals surface area contributed by atoms with Gasteiger partial charge in [0.25, 0.3) is 5.91 Å². The number of hydrogen-bond donors (Lipinski definition) is 2. The molecule has 2 N–H and O–H groups in total. The summed E-state index contributed by atoms with van der Waals surface area (Å²) in [6.45, 7) is 1.89. The Morgan fingerprint density at radius 2 is 1.97 bits per heavy atom. The van der Waals surface area contributed by atoms with E-state index < -0.39 is 11.8 Å². The van der Waals surface area contributed by atoms with Crippen molar-refractivity contribution in [1.82, 2.24) is 10.8 Å². The summed E-state index contributed by atoms with van der Waals surface area (Å²) in [7, 11) is 0. The Bertz CT molecular complexity index is 1080. The van der Waals surface area contributed by atoms with Crippen LogP contribution in [0.5, 0.6) is 0 Å². The van der Waals surface area contributed by atoms with Crippen LogP contribution in [-0.2, 0) is 16.9 Å². The summed E-state index contributed by atoms with van der Waals surface area (Å²) in [6, 6.07) is 8.65. The van der Waals surface area contributed by atoms with Crippen LogP contribution in [0.2, 0.25) is 10.0 Å². The highest BCUT2D eigenvalue weighted by molar-refractivity contribution is 8.00. The molecule has 10 heteroatoms. The van der Waals surface area contributed by atoms with Gasteiger partial charge in [0.05, 0.1) is 11.1 Å². The smallest absolute Gasteiger partial charge is 0.340 e. The zero-order valence-corrected chi connectivity index (χ0v) is 19.9. The Kier molecular flexibility index (Phi) is 6.92. The topological polar surface area (TPSA) is 50.4 Å². The molecule has 176 valence electrons. The van der Waals surface area contributed by atoms with E-state index in [1.54, 1.807) is 30.0 Å². The van der Waals surface area contributed by atoms with Crippen LogP contribution in [0.1, 0.15) is 46.8 Å². The molecular formula is C23H21Cl2F3N2O2S. The van der Waals surface area contributed by atoms with Crippen molar-refractivity contribution in [1.29, 1.82) is 0 Å². The normalized spacial score (nSPS) is 22.7.